The van der Waals surface area contributed by atoms with Gasteiger partial charge in [-0.15, -0.1) is 0 Å². The molecule has 1 amide bonds. The predicted molar refractivity (Wildman–Crippen MR) is 139 cm³/mol. The highest BCUT2D eigenvalue weighted by Gasteiger charge is 2.10. The zero-order chi connectivity index (χ0) is 24.7. The number of halogens is 1. The number of hydrogen-bond donors (Lipinski definition) is 2. The molecule has 2 heterocycles. The van der Waals surface area contributed by atoms with Crippen LogP contribution in [0.5, 0.6) is 0 Å². The van der Waals surface area contributed by atoms with Crippen molar-refractivity contribution in [3.05, 3.63) is 120 Å². The topological polar surface area (TPSA) is 79.8 Å². The van der Waals surface area contributed by atoms with E-state index in [1.807, 2.05) is 42.5 Å². The van der Waals surface area contributed by atoms with Gasteiger partial charge in [0.25, 0.3) is 5.91 Å². The number of benzene rings is 3. The van der Waals surface area contributed by atoms with Crippen LogP contribution in [0.25, 0.3) is 22.0 Å². The van der Waals surface area contributed by atoms with Gasteiger partial charge in [-0.3, -0.25) is 9.78 Å². The van der Waals surface area contributed by atoms with Crippen molar-refractivity contribution in [2.45, 2.75) is 13.0 Å². The summed E-state index contributed by atoms with van der Waals surface area (Å²) in [6, 6.07) is 24.4. The van der Waals surface area contributed by atoms with Gasteiger partial charge in [0.1, 0.15) is 18.0 Å². The molecule has 0 aliphatic rings. The van der Waals surface area contributed by atoms with Crippen LogP contribution in [0.4, 0.5) is 10.2 Å². The lowest BCUT2D eigenvalue weighted by Gasteiger charge is -2.11. The first-order valence-electron chi connectivity index (χ1n) is 11.7. The number of nitrogens with one attached hydrogen (secondary N) is 2. The van der Waals surface area contributed by atoms with Crippen LogP contribution in [0.3, 0.4) is 0 Å². The highest BCUT2D eigenvalue weighted by Crippen LogP contribution is 2.28. The summed E-state index contributed by atoms with van der Waals surface area (Å²) in [6.45, 7) is 0.962. The maximum absolute atomic E-state index is 14.6. The summed E-state index contributed by atoms with van der Waals surface area (Å²) in [6.07, 6.45) is 5.05. The first kappa shape index (κ1) is 23.1. The van der Waals surface area contributed by atoms with E-state index in [0.717, 1.165) is 33.4 Å². The van der Waals surface area contributed by atoms with Crippen molar-refractivity contribution in [2.24, 2.45) is 0 Å². The summed E-state index contributed by atoms with van der Waals surface area (Å²) < 4.78 is 14.6. The molecule has 0 aliphatic heterocycles. The Morgan fingerprint density at radius 1 is 0.861 bits per heavy atom. The van der Waals surface area contributed by atoms with Gasteiger partial charge in [-0.05, 0) is 65.1 Å². The van der Waals surface area contributed by atoms with Crippen molar-refractivity contribution >= 4 is 22.6 Å². The third-order valence-electron chi connectivity index (χ3n) is 5.94. The van der Waals surface area contributed by atoms with E-state index in [-0.39, 0.29) is 11.7 Å². The summed E-state index contributed by atoms with van der Waals surface area (Å²) in [5.74, 6) is 0.233. The molecule has 0 fully saturated rings. The van der Waals surface area contributed by atoms with Crippen LogP contribution < -0.4 is 10.6 Å². The monoisotopic (exact) mass is 477 g/mol. The van der Waals surface area contributed by atoms with Crippen LogP contribution in [0.2, 0.25) is 0 Å². The van der Waals surface area contributed by atoms with Gasteiger partial charge in [0, 0.05) is 36.4 Å². The number of hydrogen-bond acceptors (Lipinski definition) is 5. The quantitative estimate of drug-likeness (QED) is 0.312. The van der Waals surface area contributed by atoms with Gasteiger partial charge in [0.2, 0.25) is 0 Å². The number of amides is 1. The molecule has 2 aromatic heterocycles. The van der Waals surface area contributed by atoms with Gasteiger partial charge < -0.3 is 10.6 Å². The van der Waals surface area contributed by atoms with Gasteiger partial charge in [-0.25, -0.2) is 14.4 Å². The Morgan fingerprint density at radius 3 is 2.47 bits per heavy atom. The fourth-order valence-corrected chi connectivity index (χ4v) is 4.02. The van der Waals surface area contributed by atoms with Crippen LogP contribution in [0, 0.1) is 5.82 Å². The Kier molecular flexibility index (Phi) is 6.89. The average Bonchev–Trinajstić information content (AvgIpc) is 2.93. The molecule has 3 aromatic carbocycles. The van der Waals surface area contributed by atoms with Gasteiger partial charge in [-0.2, -0.15) is 0 Å². The first-order chi connectivity index (χ1) is 17.7. The Bertz CT molecular complexity index is 1490. The molecule has 0 saturated carbocycles. The Labute approximate surface area is 208 Å². The molecule has 0 saturated heterocycles. The molecule has 0 radical (unpaired) electrons. The SMILES string of the molecule is O=C(NCCc1cc(-c2ccc3ncnc(NCc4ccccc4)c3c2)ccc1F)c1ccncc1. The third kappa shape index (κ3) is 5.36. The molecule has 178 valence electrons. The average molecular weight is 478 g/mol. The maximum Gasteiger partial charge on any atom is 0.251 e. The van der Waals surface area contributed by atoms with Crippen LogP contribution in [0.15, 0.2) is 97.6 Å². The van der Waals surface area contributed by atoms with Crippen molar-refractivity contribution in [2.75, 3.05) is 11.9 Å². The molecule has 6 nitrogen and oxygen atoms in total. The first-order valence-corrected chi connectivity index (χ1v) is 11.7. The highest BCUT2D eigenvalue weighted by atomic mass is 19.1. The minimum absolute atomic E-state index is 0.209. The summed E-state index contributed by atoms with van der Waals surface area (Å²) in [5.41, 5.74) is 4.85. The van der Waals surface area contributed by atoms with Crippen LogP contribution in [-0.4, -0.2) is 27.4 Å². The molecule has 0 unspecified atom stereocenters. The van der Waals surface area contributed by atoms with Crippen molar-refractivity contribution < 1.29 is 9.18 Å². The van der Waals surface area contributed by atoms with Crippen molar-refractivity contribution in [3.63, 3.8) is 0 Å². The zero-order valence-electron chi connectivity index (χ0n) is 19.5. The Balaban J connectivity index is 1.34. The normalized spacial score (nSPS) is 10.8. The molecule has 5 rings (SSSR count). The minimum Gasteiger partial charge on any atom is -0.365 e. The molecular formula is C29H24FN5O. The number of carbonyl (C=O) groups is 1. The molecule has 7 heteroatoms. The van der Waals surface area contributed by atoms with Gasteiger partial charge in [0.15, 0.2) is 0 Å². The Hall–Kier alpha value is -4.65. The maximum atomic E-state index is 14.6. The number of rotatable bonds is 8. The molecule has 5 aromatic rings. The largest absolute Gasteiger partial charge is 0.365 e. The highest BCUT2D eigenvalue weighted by molar-refractivity contribution is 5.94. The third-order valence-corrected chi connectivity index (χ3v) is 5.94. The lowest BCUT2D eigenvalue weighted by Crippen LogP contribution is -2.25. The van der Waals surface area contributed by atoms with Gasteiger partial charge >= 0.3 is 0 Å². The van der Waals surface area contributed by atoms with E-state index < -0.39 is 0 Å². The second-order valence-corrected chi connectivity index (χ2v) is 8.34. The van der Waals surface area contributed by atoms with E-state index in [9.17, 15) is 9.18 Å². The number of pyridine rings is 1. The van der Waals surface area contributed by atoms with E-state index in [0.29, 0.717) is 30.6 Å². The van der Waals surface area contributed by atoms with Crippen LogP contribution in [-0.2, 0) is 13.0 Å². The molecule has 0 aliphatic carbocycles. The van der Waals surface area contributed by atoms with E-state index in [2.05, 4.69) is 37.7 Å². The summed E-state index contributed by atoms with van der Waals surface area (Å²) in [7, 11) is 0. The molecular weight excluding hydrogens is 453 g/mol. The van der Waals surface area contributed by atoms with E-state index in [4.69, 9.17) is 0 Å². The summed E-state index contributed by atoms with van der Waals surface area (Å²) in [5, 5.41) is 7.12. The number of nitrogens with zero attached hydrogens (tertiary/aromatic N) is 3. The van der Waals surface area contributed by atoms with E-state index in [1.54, 1.807) is 36.9 Å². The number of fused-ring (bicyclic) bond motifs is 1. The summed E-state index contributed by atoms with van der Waals surface area (Å²) in [4.78, 5) is 25.0. The van der Waals surface area contributed by atoms with E-state index >= 15 is 0 Å². The fraction of sp³-hybridized carbons (Fsp3) is 0.103. The molecule has 0 spiro atoms. The number of anilines is 1. The number of aromatic nitrogens is 3. The summed E-state index contributed by atoms with van der Waals surface area (Å²) >= 11 is 0. The molecule has 2 N–H and O–H groups in total. The Morgan fingerprint density at radius 2 is 1.64 bits per heavy atom. The molecule has 0 bridgehead atoms. The molecule has 36 heavy (non-hydrogen) atoms. The van der Waals surface area contributed by atoms with Crippen LogP contribution >= 0.6 is 0 Å². The smallest absolute Gasteiger partial charge is 0.251 e. The standard InChI is InChI=1S/C29H24FN5O/c30-26-8-6-22(16-24(26)12-15-32-29(36)21-10-13-31-14-11-21)23-7-9-27-25(17-23)28(35-19-34-27)33-18-20-4-2-1-3-5-20/h1-11,13-14,16-17,19H,12,15,18H2,(H,32,36)(H,33,34,35). The molecule has 0 atom stereocenters. The number of carbonyl (C=O) groups excluding carboxylic acids is 1. The minimum atomic E-state index is -0.300. The van der Waals surface area contributed by atoms with Crippen molar-refractivity contribution in [3.8, 4) is 11.1 Å². The van der Waals surface area contributed by atoms with E-state index in [1.165, 1.54) is 6.07 Å². The lowest BCUT2D eigenvalue weighted by molar-refractivity contribution is 0.0954. The second kappa shape index (κ2) is 10.7. The predicted octanol–water partition coefficient (Wildman–Crippen LogP) is 5.42. The fourth-order valence-electron chi connectivity index (χ4n) is 4.02. The van der Waals surface area contributed by atoms with Crippen molar-refractivity contribution in [1.82, 2.24) is 20.3 Å². The van der Waals surface area contributed by atoms with Crippen molar-refractivity contribution in [1.29, 1.82) is 0 Å². The zero-order valence-corrected chi connectivity index (χ0v) is 19.5. The lowest BCUT2D eigenvalue weighted by atomic mass is 9.99. The second-order valence-electron chi connectivity index (χ2n) is 8.34. The van der Waals surface area contributed by atoms with Gasteiger partial charge in [-0.1, -0.05) is 42.5 Å². The van der Waals surface area contributed by atoms with Crippen LogP contribution in [0.1, 0.15) is 21.5 Å². The van der Waals surface area contributed by atoms with Gasteiger partial charge in [0.05, 0.1) is 5.52 Å².